The SMILES string of the molecule is O=C(Nc1ccc(F)cc1F)c1cnc(Nc2ccc(F)c(Cl)c2)nc1. The van der Waals surface area contributed by atoms with Crippen LogP contribution in [0.2, 0.25) is 5.02 Å². The summed E-state index contributed by atoms with van der Waals surface area (Å²) in [5, 5.41) is 5.03. The van der Waals surface area contributed by atoms with Crippen molar-refractivity contribution in [3.05, 3.63) is 76.8 Å². The number of halogens is 4. The van der Waals surface area contributed by atoms with E-state index >= 15 is 0 Å². The molecule has 1 heterocycles. The van der Waals surface area contributed by atoms with E-state index in [2.05, 4.69) is 20.6 Å². The summed E-state index contributed by atoms with van der Waals surface area (Å²) < 4.78 is 39.6. The van der Waals surface area contributed by atoms with E-state index < -0.39 is 23.4 Å². The Morgan fingerprint density at radius 2 is 1.69 bits per heavy atom. The highest BCUT2D eigenvalue weighted by Crippen LogP contribution is 2.21. The molecule has 0 aliphatic rings. The summed E-state index contributed by atoms with van der Waals surface area (Å²) in [6.07, 6.45) is 2.44. The Bertz CT molecular complexity index is 967. The van der Waals surface area contributed by atoms with Crippen LogP contribution in [0.15, 0.2) is 48.8 Å². The molecule has 0 spiro atoms. The third-order valence-electron chi connectivity index (χ3n) is 3.27. The minimum absolute atomic E-state index is 0.0627. The fourth-order valence-electron chi connectivity index (χ4n) is 2.00. The van der Waals surface area contributed by atoms with Crippen molar-refractivity contribution < 1.29 is 18.0 Å². The fourth-order valence-corrected chi connectivity index (χ4v) is 2.18. The van der Waals surface area contributed by atoms with E-state index in [1.807, 2.05) is 0 Å². The maximum atomic E-state index is 13.6. The van der Waals surface area contributed by atoms with Crippen LogP contribution in [-0.4, -0.2) is 15.9 Å². The number of nitrogens with one attached hydrogen (secondary N) is 2. The maximum Gasteiger partial charge on any atom is 0.258 e. The van der Waals surface area contributed by atoms with Crippen LogP contribution in [0, 0.1) is 17.5 Å². The van der Waals surface area contributed by atoms with Crippen LogP contribution in [0.3, 0.4) is 0 Å². The summed E-state index contributed by atoms with van der Waals surface area (Å²) in [6, 6.07) is 6.78. The Balaban J connectivity index is 1.70. The molecule has 132 valence electrons. The molecule has 1 aromatic heterocycles. The number of nitrogens with zero attached hydrogens (tertiary/aromatic N) is 2. The number of anilines is 3. The molecule has 0 atom stereocenters. The molecule has 0 aliphatic carbocycles. The molecule has 2 N–H and O–H groups in total. The Kier molecular flexibility index (Phi) is 5.04. The fraction of sp³-hybridized carbons (Fsp3) is 0. The molecule has 3 aromatic rings. The van der Waals surface area contributed by atoms with E-state index in [0.29, 0.717) is 11.8 Å². The number of carbonyl (C=O) groups excluding carboxylic acids is 1. The minimum atomic E-state index is -0.897. The van der Waals surface area contributed by atoms with E-state index in [9.17, 15) is 18.0 Å². The van der Waals surface area contributed by atoms with Gasteiger partial charge in [-0.2, -0.15) is 0 Å². The highest BCUT2D eigenvalue weighted by atomic mass is 35.5. The van der Waals surface area contributed by atoms with Crippen molar-refractivity contribution in [2.45, 2.75) is 0 Å². The molecule has 0 saturated heterocycles. The van der Waals surface area contributed by atoms with Crippen molar-refractivity contribution in [1.29, 1.82) is 0 Å². The summed E-state index contributed by atoms with van der Waals surface area (Å²) in [4.78, 5) is 20.0. The number of amides is 1. The van der Waals surface area contributed by atoms with Crippen molar-refractivity contribution in [2.75, 3.05) is 10.6 Å². The first-order valence-corrected chi connectivity index (χ1v) is 7.61. The predicted octanol–water partition coefficient (Wildman–Crippen LogP) is 4.54. The molecule has 1 amide bonds. The van der Waals surface area contributed by atoms with E-state index in [-0.39, 0.29) is 22.2 Å². The highest BCUT2D eigenvalue weighted by Gasteiger charge is 2.11. The van der Waals surface area contributed by atoms with Gasteiger partial charge in [0.25, 0.3) is 5.91 Å². The van der Waals surface area contributed by atoms with E-state index in [1.165, 1.54) is 30.6 Å². The van der Waals surface area contributed by atoms with Gasteiger partial charge in [-0.25, -0.2) is 23.1 Å². The lowest BCUT2D eigenvalue weighted by atomic mass is 10.2. The van der Waals surface area contributed by atoms with Crippen LogP contribution in [0.25, 0.3) is 0 Å². The van der Waals surface area contributed by atoms with Gasteiger partial charge in [-0.1, -0.05) is 11.6 Å². The largest absolute Gasteiger partial charge is 0.324 e. The standard InChI is InChI=1S/C17H10ClF3N4O/c18-12-6-11(2-3-13(12)20)24-17-22-7-9(8-23-17)16(26)25-15-4-1-10(19)5-14(15)21/h1-8H,(H,25,26)(H,22,23,24). The lowest BCUT2D eigenvalue weighted by Gasteiger charge is -2.08. The average Bonchev–Trinajstić information content (AvgIpc) is 2.61. The van der Waals surface area contributed by atoms with E-state index in [4.69, 9.17) is 11.6 Å². The summed E-state index contributed by atoms with van der Waals surface area (Å²) in [5.41, 5.74) is 0.359. The summed E-state index contributed by atoms with van der Waals surface area (Å²) >= 11 is 5.68. The smallest absolute Gasteiger partial charge is 0.258 e. The van der Waals surface area contributed by atoms with Gasteiger partial charge in [0.15, 0.2) is 0 Å². The maximum absolute atomic E-state index is 13.6. The molecule has 0 aliphatic heterocycles. The van der Waals surface area contributed by atoms with Gasteiger partial charge < -0.3 is 10.6 Å². The zero-order valence-electron chi connectivity index (χ0n) is 12.9. The van der Waals surface area contributed by atoms with Gasteiger partial charge in [0.05, 0.1) is 16.3 Å². The lowest BCUT2D eigenvalue weighted by molar-refractivity contribution is 0.102. The Morgan fingerprint density at radius 1 is 0.962 bits per heavy atom. The van der Waals surface area contributed by atoms with Crippen molar-refractivity contribution >= 4 is 34.8 Å². The molecule has 3 rings (SSSR count). The van der Waals surface area contributed by atoms with Gasteiger partial charge >= 0.3 is 0 Å². The van der Waals surface area contributed by atoms with Crippen LogP contribution in [0.4, 0.5) is 30.5 Å². The van der Waals surface area contributed by atoms with Gasteiger partial charge in [0, 0.05) is 24.1 Å². The van der Waals surface area contributed by atoms with Crippen LogP contribution in [0.1, 0.15) is 10.4 Å². The highest BCUT2D eigenvalue weighted by molar-refractivity contribution is 6.31. The zero-order valence-corrected chi connectivity index (χ0v) is 13.7. The monoisotopic (exact) mass is 378 g/mol. The quantitative estimate of drug-likeness (QED) is 0.699. The van der Waals surface area contributed by atoms with Crippen molar-refractivity contribution in [3.63, 3.8) is 0 Å². The molecule has 5 nitrogen and oxygen atoms in total. The second-order valence-corrected chi connectivity index (χ2v) is 5.53. The first-order valence-electron chi connectivity index (χ1n) is 7.23. The molecule has 0 saturated carbocycles. The van der Waals surface area contributed by atoms with Crippen LogP contribution in [-0.2, 0) is 0 Å². The topological polar surface area (TPSA) is 66.9 Å². The number of aromatic nitrogens is 2. The lowest BCUT2D eigenvalue weighted by Crippen LogP contribution is -2.14. The molecule has 26 heavy (non-hydrogen) atoms. The number of hydrogen-bond donors (Lipinski definition) is 2. The number of benzene rings is 2. The second kappa shape index (κ2) is 7.40. The first kappa shape index (κ1) is 17.7. The number of carbonyl (C=O) groups is 1. The Morgan fingerprint density at radius 3 is 2.35 bits per heavy atom. The van der Waals surface area contributed by atoms with Crippen molar-refractivity contribution in [3.8, 4) is 0 Å². The van der Waals surface area contributed by atoms with Gasteiger partial charge in [-0.15, -0.1) is 0 Å². The Hall–Kier alpha value is -3.13. The molecule has 0 bridgehead atoms. The van der Waals surface area contributed by atoms with Gasteiger partial charge in [-0.3, -0.25) is 4.79 Å². The second-order valence-electron chi connectivity index (χ2n) is 5.13. The Labute approximate surface area is 150 Å². The summed E-state index contributed by atoms with van der Waals surface area (Å²) in [7, 11) is 0. The summed E-state index contributed by atoms with van der Waals surface area (Å²) in [5.74, 6) is -2.71. The molecular weight excluding hydrogens is 369 g/mol. The molecule has 0 radical (unpaired) electrons. The number of rotatable bonds is 4. The number of hydrogen-bond acceptors (Lipinski definition) is 4. The predicted molar refractivity (Wildman–Crippen MR) is 91.0 cm³/mol. The normalized spacial score (nSPS) is 10.5. The first-order chi connectivity index (χ1) is 12.4. The van der Waals surface area contributed by atoms with Crippen molar-refractivity contribution in [1.82, 2.24) is 9.97 Å². The van der Waals surface area contributed by atoms with Crippen LogP contribution >= 0.6 is 11.6 Å². The molecule has 9 heteroatoms. The zero-order chi connectivity index (χ0) is 18.7. The molecule has 0 unspecified atom stereocenters. The summed E-state index contributed by atoms with van der Waals surface area (Å²) in [6.45, 7) is 0. The van der Waals surface area contributed by atoms with Gasteiger partial charge in [-0.05, 0) is 30.3 Å². The average molecular weight is 379 g/mol. The molecule has 2 aromatic carbocycles. The van der Waals surface area contributed by atoms with E-state index in [1.54, 1.807) is 0 Å². The third-order valence-corrected chi connectivity index (χ3v) is 3.56. The third kappa shape index (κ3) is 4.09. The van der Waals surface area contributed by atoms with Gasteiger partial charge in [0.1, 0.15) is 17.5 Å². The van der Waals surface area contributed by atoms with Crippen LogP contribution in [0.5, 0.6) is 0 Å². The van der Waals surface area contributed by atoms with Crippen LogP contribution < -0.4 is 10.6 Å². The molecular formula is C17H10ClF3N4O. The van der Waals surface area contributed by atoms with Gasteiger partial charge in [0.2, 0.25) is 5.95 Å². The van der Waals surface area contributed by atoms with Crippen molar-refractivity contribution in [2.24, 2.45) is 0 Å². The molecule has 0 fully saturated rings. The minimum Gasteiger partial charge on any atom is -0.324 e. The van der Waals surface area contributed by atoms with E-state index in [0.717, 1.165) is 12.1 Å².